The highest BCUT2D eigenvalue weighted by atomic mass is 35.5. The number of thioether (sulfide) groups is 1. The minimum atomic E-state index is -0.0517. The summed E-state index contributed by atoms with van der Waals surface area (Å²) in [5.41, 5.74) is 4.20. The number of nitrogens with one attached hydrogen (secondary N) is 1. The van der Waals surface area contributed by atoms with E-state index in [1.807, 2.05) is 78.2 Å². The topological polar surface area (TPSA) is 59.8 Å². The normalized spacial score (nSPS) is 10.8. The van der Waals surface area contributed by atoms with Gasteiger partial charge in [0.25, 0.3) is 0 Å². The molecule has 3 aromatic carbocycles. The van der Waals surface area contributed by atoms with E-state index in [0.29, 0.717) is 29.1 Å². The molecule has 0 saturated carbocycles. The number of benzene rings is 3. The van der Waals surface area contributed by atoms with Crippen LogP contribution in [-0.2, 0) is 17.9 Å². The van der Waals surface area contributed by atoms with Crippen LogP contribution in [0.2, 0.25) is 5.02 Å². The van der Waals surface area contributed by atoms with Crippen LogP contribution in [0, 0.1) is 6.92 Å². The van der Waals surface area contributed by atoms with Gasteiger partial charge in [0.05, 0.1) is 17.3 Å². The van der Waals surface area contributed by atoms with Gasteiger partial charge in [-0.05, 0) is 30.2 Å². The molecule has 1 aromatic heterocycles. The summed E-state index contributed by atoms with van der Waals surface area (Å²) >= 11 is 7.80. The molecule has 0 aliphatic rings. The maximum Gasteiger partial charge on any atom is 0.230 e. The van der Waals surface area contributed by atoms with Gasteiger partial charge in [0, 0.05) is 12.1 Å². The van der Waals surface area contributed by atoms with Crippen LogP contribution in [0.5, 0.6) is 0 Å². The van der Waals surface area contributed by atoms with E-state index in [9.17, 15) is 4.79 Å². The zero-order valence-electron chi connectivity index (χ0n) is 17.7. The molecule has 0 bridgehead atoms. The maximum absolute atomic E-state index is 12.4. The van der Waals surface area contributed by atoms with Gasteiger partial charge in [-0.2, -0.15) is 0 Å². The molecule has 0 aliphatic heterocycles. The number of amides is 1. The first-order valence-corrected chi connectivity index (χ1v) is 11.6. The van der Waals surface area contributed by atoms with Gasteiger partial charge >= 0.3 is 0 Å². The number of aryl methyl sites for hydroxylation is 1. The summed E-state index contributed by atoms with van der Waals surface area (Å²) in [6, 6.07) is 25.8. The predicted octanol–water partition coefficient (Wildman–Crippen LogP) is 5.36. The molecule has 32 heavy (non-hydrogen) atoms. The number of rotatable bonds is 8. The fourth-order valence-electron chi connectivity index (χ4n) is 3.23. The van der Waals surface area contributed by atoms with E-state index in [4.69, 9.17) is 11.6 Å². The van der Waals surface area contributed by atoms with Gasteiger partial charge in [-0.25, -0.2) is 0 Å². The second-order valence-corrected chi connectivity index (χ2v) is 8.76. The molecule has 7 heteroatoms. The van der Waals surface area contributed by atoms with Crippen LogP contribution < -0.4 is 5.32 Å². The van der Waals surface area contributed by atoms with Crippen molar-refractivity contribution < 1.29 is 4.79 Å². The average Bonchev–Trinajstić information content (AvgIpc) is 3.20. The maximum atomic E-state index is 12.4. The molecule has 0 aliphatic carbocycles. The molecule has 4 aromatic rings. The van der Waals surface area contributed by atoms with Crippen molar-refractivity contribution in [3.05, 3.63) is 101 Å². The van der Waals surface area contributed by atoms with Crippen LogP contribution in [-0.4, -0.2) is 26.4 Å². The van der Waals surface area contributed by atoms with Crippen molar-refractivity contribution >= 4 is 29.3 Å². The molecular formula is C25H23ClN4OS. The molecule has 0 saturated heterocycles. The Morgan fingerprint density at radius 1 is 0.938 bits per heavy atom. The van der Waals surface area contributed by atoms with Gasteiger partial charge < -0.3 is 5.32 Å². The zero-order chi connectivity index (χ0) is 22.3. The fourth-order valence-corrected chi connectivity index (χ4v) is 4.22. The third-order valence-corrected chi connectivity index (χ3v) is 6.25. The lowest BCUT2D eigenvalue weighted by molar-refractivity contribution is -0.118. The number of halogens is 1. The number of hydrogen-bond acceptors (Lipinski definition) is 4. The van der Waals surface area contributed by atoms with Crippen molar-refractivity contribution in [1.82, 2.24) is 20.1 Å². The molecular weight excluding hydrogens is 440 g/mol. The van der Waals surface area contributed by atoms with E-state index in [2.05, 4.69) is 27.6 Å². The molecule has 0 spiro atoms. The van der Waals surface area contributed by atoms with Crippen molar-refractivity contribution in [3.8, 4) is 11.4 Å². The first kappa shape index (κ1) is 22.1. The van der Waals surface area contributed by atoms with Crippen molar-refractivity contribution in [2.45, 2.75) is 25.2 Å². The number of nitrogens with zero attached hydrogens (tertiary/aromatic N) is 3. The van der Waals surface area contributed by atoms with Crippen LogP contribution in [0.1, 0.15) is 16.7 Å². The highest BCUT2D eigenvalue weighted by molar-refractivity contribution is 7.99. The SMILES string of the molecule is Cc1ccc(CNC(=O)CSc2nnc(-c3ccccc3Cl)n2Cc2ccccc2)cc1. The van der Waals surface area contributed by atoms with E-state index >= 15 is 0 Å². The minimum Gasteiger partial charge on any atom is -0.351 e. The third-order valence-electron chi connectivity index (χ3n) is 4.96. The summed E-state index contributed by atoms with van der Waals surface area (Å²) in [6.45, 7) is 3.13. The highest BCUT2D eigenvalue weighted by Gasteiger charge is 2.18. The van der Waals surface area contributed by atoms with Gasteiger partial charge in [-0.1, -0.05) is 95.7 Å². The Morgan fingerprint density at radius 2 is 1.66 bits per heavy atom. The van der Waals surface area contributed by atoms with Crippen molar-refractivity contribution in [2.75, 3.05) is 5.75 Å². The second-order valence-electron chi connectivity index (χ2n) is 7.41. The Hall–Kier alpha value is -3.09. The van der Waals surface area contributed by atoms with E-state index < -0.39 is 0 Å². The quantitative estimate of drug-likeness (QED) is 0.358. The number of hydrogen-bond donors (Lipinski definition) is 1. The van der Waals surface area contributed by atoms with Crippen molar-refractivity contribution in [3.63, 3.8) is 0 Å². The monoisotopic (exact) mass is 462 g/mol. The van der Waals surface area contributed by atoms with E-state index in [0.717, 1.165) is 16.7 Å². The van der Waals surface area contributed by atoms with Crippen LogP contribution in [0.15, 0.2) is 84.0 Å². The molecule has 162 valence electrons. The largest absolute Gasteiger partial charge is 0.351 e. The zero-order valence-corrected chi connectivity index (χ0v) is 19.2. The van der Waals surface area contributed by atoms with Crippen LogP contribution >= 0.6 is 23.4 Å². The van der Waals surface area contributed by atoms with E-state index in [1.54, 1.807) is 0 Å². The smallest absolute Gasteiger partial charge is 0.230 e. The second kappa shape index (κ2) is 10.5. The standard InChI is InChI=1S/C25H23ClN4OS/c1-18-11-13-19(14-12-18)15-27-23(31)17-32-25-29-28-24(21-9-5-6-10-22(21)26)30(25)16-20-7-3-2-4-8-20/h2-14H,15-17H2,1H3,(H,27,31). The number of carbonyl (C=O) groups is 1. The molecule has 1 N–H and O–H groups in total. The highest BCUT2D eigenvalue weighted by Crippen LogP contribution is 2.30. The summed E-state index contributed by atoms with van der Waals surface area (Å²) in [7, 11) is 0. The molecule has 0 atom stereocenters. The number of carbonyl (C=O) groups excluding carboxylic acids is 1. The van der Waals surface area contributed by atoms with Crippen molar-refractivity contribution in [1.29, 1.82) is 0 Å². The van der Waals surface area contributed by atoms with Gasteiger partial charge in [-0.3, -0.25) is 9.36 Å². The van der Waals surface area contributed by atoms with Gasteiger partial charge in [-0.15, -0.1) is 10.2 Å². The van der Waals surface area contributed by atoms with Crippen LogP contribution in [0.25, 0.3) is 11.4 Å². The lowest BCUT2D eigenvalue weighted by Gasteiger charge is -2.11. The lowest BCUT2D eigenvalue weighted by Crippen LogP contribution is -2.24. The summed E-state index contributed by atoms with van der Waals surface area (Å²) < 4.78 is 2.01. The van der Waals surface area contributed by atoms with Crippen molar-refractivity contribution in [2.24, 2.45) is 0 Å². The third kappa shape index (κ3) is 5.58. The summed E-state index contributed by atoms with van der Waals surface area (Å²) in [5, 5.41) is 13.0. The molecule has 0 radical (unpaired) electrons. The minimum absolute atomic E-state index is 0.0517. The van der Waals surface area contributed by atoms with Crippen LogP contribution in [0.4, 0.5) is 0 Å². The Bertz CT molecular complexity index is 1190. The van der Waals surface area contributed by atoms with Gasteiger partial charge in [0.15, 0.2) is 11.0 Å². The molecule has 4 rings (SSSR count). The summed E-state index contributed by atoms with van der Waals surface area (Å²) in [5.74, 6) is 0.882. The molecule has 0 unspecified atom stereocenters. The molecule has 0 fully saturated rings. The predicted molar refractivity (Wildman–Crippen MR) is 130 cm³/mol. The Balaban J connectivity index is 1.49. The van der Waals surface area contributed by atoms with E-state index in [1.165, 1.54) is 17.3 Å². The lowest BCUT2D eigenvalue weighted by atomic mass is 10.1. The van der Waals surface area contributed by atoms with E-state index in [-0.39, 0.29) is 11.7 Å². The number of aromatic nitrogens is 3. The molecule has 5 nitrogen and oxygen atoms in total. The Morgan fingerprint density at radius 3 is 2.41 bits per heavy atom. The van der Waals surface area contributed by atoms with Crippen LogP contribution in [0.3, 0.4) is 0 Å². The molecule has 1 amide bonds. The van der Waals surface area contributed by atoms with Gasteiger partial charge in [0.2, 0.25) is 5.91 Å². The summed E-state index contributed by atoms with van der Waals surface area (Å²) in [6.07, 6.45) is 0. The first-order chi connectivity index (χ1) is 15.6. The van der Waals surface area contributed by atoms with Gasteiger partial charge in [0.1, 0.15) is 0 Å². The Labute approximate surface area is 196 Å². The molecule has 1 heterocycles. The first-order valence-electron chi connectivity index (χ1n) is 10.3. The fraction of sp³-hybridized carbons (Fsp3) is 0.160. The average molecular weight is 463 g/mol. The summed E-state index contributed by atoms with van der Waals surface area (Å²) in [4.78, 5) is 12.4. The Kier molecular flexibility index (Phi) is 7.24.